The van der Waals surface area contributed by atoms with E-state index >= 15 is 0 Å². The maximum atomic E-state index is 12.8. The van der Waals surface area contributed by atoms with Crippen LogP contribution in [0.15, 0.2) is 41.6 Å². The Morgan fingerprint density at radius 1 is 1.21 bits per heavy atom. The van der Waals surface area contributed by atoms with E-state index in [0.29, 0.717) is 42.1 Å². The van der Waals surface area contributed by atoms with Crippen LogP contribution in [0.3, 0.4) is 0 Å². The van der Waals surface area contributed by atoms with Crippen LogP contribution in [0.5, 0.6) is 0 Å². The first-order valence-corrected chi connectivity index (χ1v) is 11.6. The van der Waals surface area contributed by atoms with Crippen LogP contribution in [-0.4, -0.2) is 58.4 Å². The number of benzene rings is 1. The van der Waals surface area contributed by atoms with E-state index in [4.69, 9.17) is 0 Å². The fourth-order valence-corrected chi connectivity index (χ4v) is 4.16. The predicted octanol–water partition coefficient (Wildman–Crippen LogP) is 2.63. The van der Waals surface area contributed by atoms with Gasteiger partial charge in [-0.25, -0.2) is 4.98 Å². The number of carbonyl (C=O) groups excluding carboxylic acids is 3. The van der Waals surface area contributed by atoms with E-state index in [2.05, 4.69) is 15.6 Å². The number of aryl methyl sites for hydroxylation is 1. The molecule has 0 bridgehead atoms. The summed E-state index contributed by atoms with van der Waals surface area (Å²) in [4.78, 5) is 53.8. The maximum absolute atomic E-state index is 12.8. The molecular formula is C22H25N5O5S. The number of nitro benzene ring substituents is 1. The van der Waals surface area contributed by atoms with Crippen LogP contribution in [0.1, 0.15) is 28.8 Å². The Balaban J connectivity index is 1.49. The molecule has 2 N–H and O–H groups in total. The van der Waals surface area contributed by atoms with Crippen LogP contribution in [-0.2, 0) is 9.59 Å². The summed E-state index contributed by atoms with van der Waals surface area (Å²) in [5, 5.41) is 16.8. The molecule has 1 aromatic heterocycles. The van der Waals surface area contributed by atoms with E-state index in [0.717, 1.165) is 0 Å². The summed E-state index contributed by atoms with van der Waals surface area (Å²) in [7, 11) is 0. The third kappa shape index (κ3) is 6.07. The van der Waals surface area contributed by atoms with Crippen molar-refractivity contribution in [2.75, 3.05) is 31.2 Å². The summed E-state index contributed by atoms with van der Waals surface area (Å²) in [5.41, 5.74) is 0.949. The molecule has 174 valence electrons. The zero-order valence-electron chi connectivity index (χ0n) is 18.4. The highest BCUT2D eigenvalue weighted by atomic mass is 32.2. The summed E-state index contributed by atoms with van der Waals surface area (Å²) in [5.74, 6) is -1.76. The molecule has 1 aliphatic heterocycles. The van der Waals surface area contributed by atoms with Gasteiger partial charge in [0.2, 0.25) is 0 Å². The number of likely N-dealkylation sites (tertiary alicyclic amines) is 1. The number of rotatable bonds is 6. The lowest BCUT2D eigenvalue weighted by atomic mass is 9.96. The number of amides is 3. The lowest BCUT2D eigenvalue weighted by Gasteiger charge is -2.32. The van der Waals surface area contributed by atoms with Crippen molar-refractivity contribution in [3.63, 3.8) is 0 Å². The van der Waals surface area contributed by atoms with Crippen molar-refractivity contribution in [1.29, 1.82) is 0 Å². The van der Waals surface area contributed by atoms with Gasteiger partial charge in [-0.2, -0.15) is 0 Å². The average Bonchev–Trinajstić information content (AvgIpc) is 2.83. The number of nitrogens with zero attached hydrogens (tertiary/aromatic N) is 3. The third-order valence-electron chi connectivity index (χ3n) is 5.45. The number of hydrogen-bond acceptors (Lipinski definition) is 7. The predicted molar refractivity (Wildman–Crippen MR) is 124 cm³/mol. The standard InChI is InChI=1S/C22H25N5O5S/c1-14-5-6-17(18(12-14)27(31)32)25-20(29)19(28)24-13-15-7-10-26(11-8-15)22(30)16-4-3-9-23-21(16)33-2/h3-6,9,12,15H,7-8,10-11,13H2,1-2H3,(H,24,28)(H,25,29). The minimum absolute atomic E-state index is 0.0300. The van der Waals surface area contributed by atoms with E-state index in [1.165, 1.54) is 23.9 Å². The Kier molecular flexibility index (Phi) is 7.99. The summed E-state index contributed by atoms with van der Waals surface area (Å²) < 4.78 is 0. The van der Waals surface area contributed by atoms with Gasteiger partial charge in [0.05, 0.1) is 10.5 Å². The van der Waals surface area contributed by atoms with Gasteiger partial charge in [-0.15, -0.1) is 11.8 Å². The summed E-state index contributed by atoms with van der Waals surface area (Å²) in [6.07, 6.45) is 4.91. The number of nitro groups is 1. The van der Waals surface area contributed by atoms with Crippen LogP contribution in [0.4, 0.5) is 11.4 Å². The monoisotopic (exact) mass is 471 g/mol. The molecule has 3 rings (SSSR count). The smallest absolute Gasteiger partial charge is 0.313 e. The van der Waals surface area contributed by atoms with Gasteiger partial charge in [0.25, 0.3) is 11.6 Å². The molecule has 11 heteroatoms. The second-order valence-corrected chi connectivity index (χ2v) is 8.53. The van der Waals surface area contributed by atoms with Gasteiger partial charge in [-0.3, -0.25) is 24.5 Å². The van der Waals surface area contributed by atoms with Crippen molar-refractivity contribution >= 4 is 40.9 Å². The molecule has 1 saturated heterocycles. The second-order valence-electron chi connectivity index (χ2n) is 7.74. The van der Waals surface area contributed by atoms with E-state index in [-0.39, 0.29) is 29.7 Å². The minimum Gasteiger partial charge on any atom is -0.348 e. The Bertz CT molecular complexity index is 1070. The van der Waals surface area contributed by atoms with Gasteiger partial charge in [0, 0.05) is 31.9 Å². The first kappa shape index (κ1) is 24.2. The highest BCUT2D eigenvalue weighted by Gasteiger charge is 2.26. The van der Waals surface area contributed by atoms with Crippen molar-refractivity contribution in [1.82, 2.24) is 15.2 Å². The normalized spacial score (nSPS) is 13.9. The van der Waals surface area contributed by atoms with Crippen LogP contribution < -0.4 is 10.6 Å². The Morgan fingerprint density at radius 2 is 1.94 bits per heavy atom. The van der Waals surface area contributed by atoms with Crippen molar-refractivity contribution in [2.24, 2.45) is 5.92 Å². The molecule has 0 saturated carbocycles. The van der Waals surface area contributed by atoms with E-state index in [9.17, 15) is 24.5 Å². The van der Waals surface area contributed by atoms with Crippen LogP contribution >= 0.6 is 11.8 Å². The van der Waals surface area contributed by atoms with E-state index in [1.807, 2.05) is 6.26 Å². The highest BCUT2D eigenvalue weighted by molar-refractivity contribution is 7.98. The summed E-state index contributed by atoms with van der Waals surface area (Å²) in [6, 6.07) is 7.85. The number of nitrogens with one attached hydrogen (secondary N) is 2. The number of piperidine rings is 1. The first-order chi connectivity index (χ1) is 15.8. The number of aromatic nitrogens is 1. The van der Waals surface area contributed by atoms with Crippen molar-refractivity contribution < 1.29 is 19.3 Å². The Morgan fingerprint density at radius 3 is 2.61 bits per heavy atom. The first-order valence-electron chi connectivity index (χ1n) is 10.4. The quantitative estimate of drug-likeness (QED) is 0.286. The second kappa shape index (κ2) is 10.9. The van der Waals surface area contributed by atoms with Gasteiger partial charge >= 0.3 is 11.8 Å². The molecule has 0 unspecified atom stereocenters. The van der Waals surface area contributed by atoms with Gasteiger partial charge in [0.1, 0.15) is 10.7 Å². The lowest BCUT2D eigenvalue weighted by Crippen LogP contribution is -2.43. The fraction of sp³-hybridized carbons (Fsp3) is 0.364. The van der Waals surface area contributed by atoms with Crippen molar-refractivity contribution in [3.05, 3.63) is 57.8 Å². The van der Waals surface area contributed by atoms with Gasteiger partial charge in [0.15, 0.2) is 0 Å². The number of carbonyl (C=O) groups is 3. The van der Waals surface area contributed by atoms with Gasteiger partial charge in [-0.05, 0) is 55.7 Å². The lowest BCUT2D eigenvalue weighted by molar-refractivity contribution is -0.384. The van der Waals surface area contributed by atoms with Crippen LogP contribution in [0.25, 0.3) is 0 Å². The molecule has 33 heavy (non-hydrogen) atoms. The summed E-state index contributed by atoms with van der Waals surface area (Å²) in [6.45, 7) is 3.07. The molecular weight excluding hydrogens is 446 g/mol. The highest BCUT2D eigenvalue weighted by Crippen LogP contribution is 2.25. The molecule has 0 atom stereocenters. The molecule has 1 aliphatic rings. The van der Waals surface area contributed by atoms with Gasteiger partial charge < -0.3 is 15.5 Å². The largest absolute Gasteiger partial charge is 0.348 e. The molecule has 0 radical (unpaired) electrons. The topological polar surface area (TPSA) is 135 Å². The Labute approximate surface area is 195 Å². The molecule has 10 nitrogen and oxygen atoms in total. The molecule has 2 heterocycles. The number of anilines is 1. The van der Waals surface area contributed by atoms with Crippen LogP contribution in [0.2, 0.25) is 0 Å². The SMILES string of the molecule is CSc1ncccc1C(=O)N1CCC(CNC(=O)C(=O)Nc2ccc(C)cc2[N+](=O)[O-])CC1. The average molecular weight is 472 g/mol. The van der Waals surface area contributed by atoms with Gasteiger partial charge in [-0.1, -0.05) is 6.07 Å². The van der Waals surface area contributed by atoms with Crippen molar-refractivity contribution in [2.45, 2.75) is 24.8 Å². The van der Waals surface area contributed by atoms with Crippen molar-refractivity contribution in [3.8, 4) is 0 Å². The molecule has 1 aromatic carbocycles. The number of thioether (sulfide) groups is 1. The molecule has 0 aliphatic carbocycles. The maximum Gasteiger partial charge on any atom is 0.313 e. The zero-order chi connectivity index (χ0) is 24.0. The molecule has 3 amide bonds. The molecule has 0 spiro atoms. The van der Waals surface area contributed by atoms with Crippen LogP contribution in [0, 0.1) is 23.0 Å². The fourth-order valence-electron chi connectivity index (χ4n) is 3.62. The third-order valence-corrected chi connectivity index (χ3v) is 6.16. The van der Waals surface area contributed by atoms with E-state index < -0.39 is 16.7 Å². The Hall–Kier alpha value is -3.47. The summed E-state index contributed by atoms with van der Waals surface area (Å²) >= 11 is 1.42. The minimum atomic E-state index is -0.962. The molecule has 1 fully saturated rings. The number of pyridine rings is 1. The van der Waals surface area contributed by atoms with E-state index in [1.54, 1.807) is 36.2 Å². The zero-order valence-corrected chi connectivity index (χ0v) is 19.2. The molecule has 2 aromatic rings. The number of hydrogen-bond donors (Lipinski definition) is 2.